The van der Waals surface area contributed by atoms with Crippen molar-refractivity contribution < 1.29 is 27.5 Å². The van der Waals surface area contributed by atoms with Gasteiger partial charge in [-0.15, -0.1) is 0 Å². The molecule has 1 heterocycles. The number of esters is 1. The Bertz CT molecular complexity index is 881. The van der Waals surface area contributed by atoms with Crippen LogP contribution in [0.3, 0.4) is 0 Å². The van der Waals surface area contributed by atoms with Crippen molar-refractivity contribution in [3.63, 3.8) is 0 Å². The van der Waals surface area contributed by atoms with Crippen LogP contribution in [0.2, 0.25) is 5.02 Å². The Balaban J connectivity index is 2.29. The second-order valence-electron chi connectivity index (χ2n) is 6.68. The average Bonchev–Trinajstić information content (AvgIpc) is 3.14. The van der Waals surface area contributed by atoms with Gasteiger partial charge in [0.05, 0.1) is 15.5 Å². The van der Waals surface area contributed by atoms with Crippen molar-refractivity contribution in [3.8, 4) is 0 Å². The summed E-state index contributed by atoms with van der Waals surface area (Å²) in [6.45, 7) is 4.03. The Morgan fingerprint density at radius 1 is 1.21 bits per heavy atom. The SMILES string of the molecule is CC(C)[C@@H](OC(=O)c1cc(S(=O)(=O)N2CCCC2)ccc1Cl)C(=O)NC(N)=O. The summed E-state index contributed by atoms with van der Waals surface area (Å²) in [4.78, 5) is 35.4. The second kappa shape index (κ2) is 8.89. The number of hydrogen-bond acceptors (Lipinski definition) is 6. The molecule has 1 fully saturated rings. The van der Waals surface area contributed by atoms with Gasteiger partial charge >= 0.3 is 12.0 Å². The fraction of sp³-hybridized carbons (Fsp3) is 0.471. The predicted molar refractivity (Wildman–Crippen MR) is 101 cm³/mol. The highest BCUT2D eigenvalue weighted by Crippen LogP contribution is 2.26. The van der Waals surface area contributed by atoms with Crippen LogP contribution in [0.15, 0.2) is 23.1 Å². The van der Waals surface area contributed by atoms with Gasteiger partial charge in [0.15, 0.2) is 6.10 Å². The number of nitrogens with zero attached hydrogens (tertiary/aromatic N) is 1. The first-order valence-corrected chi connectivity index (χ1v) is 10.5. The number of halogens is 1. The van der Waals surface area contributed by atoms with Gasteiger partial charge in [0.25, 0.3) is 5.91 Å². The third-order valence-corrected chi connectivity index (χ3v) is 6.43. The lowest BCUT2D eigenvalue weighted by Gasteiger charge is -2.20. The van der Waals surface area contributed by atoms with Gasteiger partial charge in [0.1, 0.15) is 0 Å². The fourth-order valence-corrected chi connectivity index (χ4v) is 4.50. The number of amides is 3. The van der Waals surface area contributed by atoms with E-state index in [1.807, 2.05) is 5.32 Å². The molecule has 0 saturated carbocycles. The van der Waals surface area contributed by atoms with Crippen molar-refractivity contribution in [2.75, 3.05) is 13.1 Å². The van der Waals surface area contributed by atoms with Gasteiger partial charge in [-0.1, -0.05) is 25.4 Å². The van der Waals surface area contributed by atoms with Gasteiger partial charge in [-0.05, 0) is 37.0 Å². The summed E-state index contributed by atoms with van der Waals surface area (Å²) in [5.41, 5.74) is 4.73. The molecular weight excluding hydrogens is 410 g/mol. The lowest BCUT2D eigenvalue weighted by Crippen LogP contribution is -2.45. The van der Waals surface area contributed by atoms with Crippen LogP contribution in [0.4, 0.5) is 4.79 Å². The van der Waals surface area contributed by atoms with Crippen LogP contribution < -0.4 is 11.1 Å². The van der Waals surface area contributed by atoms with Crippen LogP contribution in [0.1, 0.15) is 37.0 Å². The zero-order valence-electron chi connectivity index (χ0n) is 15.5. The van der Waals surface area contributed by atoms with Gasteiger partial charge in [-0.3, -0.25) is 10.1 Å². The highest BCUT2D eigenvalue weighted by Gasteiger charge is 2.31. The van der Waals surface area contributed by atoms with Gasteiger partial charge in [0.2, 0.25) is 10.0 Å². The molecule has 11 heteroatoms. The Morgan fingerprint density at radius 2 is 1.82 bits per heavy atom. The van der Waals surface area contributed by atoms with Crippen molar-refractivity contribution in [3.05, 3.63) is 28.8 Å². The zero-order chi connectivity index (χ0) is 21.1. The third-order valence-electron chi connectivity index (χ3n) is 4.20. The molecule has 0 bridgehead atoms. The minimum Gasteiger partial charge on any atom is -0.448 e. The van der Waals surface area contributed by atoms with E-state index in [9.17, 15) is 22.8 Å². The molecule has 1 aromatic carbocycles. The minimum atomic E-state index is -3.76. The summed E-state index contributed by atoms with van der Waals surface area (Å²) in [7, 11) is -3.76. The van der Waals surface area contributed by atoms with Crippen molar-refractivity contribution in [2.45, 2.75) is 37.7 Å². The lowest BCUT2D eigenvalue weighted by atomic mass is 10.1. The molecule has 3 amide bonds. The number of ether oxygens (including phenoxy) is 1. The molecular formula is C17H22ClN3O6S. The lowest BCUT2D eigenvalue weighted by molar-refractivity contribution is -0.130. The number of carbonyl (C=O) groups is 3. The number of carbonyl (C=O) groups excluding carboxylic acids is 3. The normalized spacial score (nSPS) is 16.0. The summed E-state index contributed by atoms with van der Waals surface area (Å²) in [5.74, 6) is -2.34. The second-order valence-corrected chi connectivity index (χ2v) is 9.02. The van der Waals surface area contributed by atoms with Crippen LogP contribution >= 0.6 is 11.6 Å². The van der Waals surface area contributed by atoms with E-state index in [1.54, 1.807) is 13.8 Å². The number of benzene rings is 1. The quantitative estimate of drug-likeness (QED) is 0.655. The monoisotopic (exact) mass is 431 g/mol. The summed E-state index contributed by atoms with van der Waals surface area (Å²) in [6, 6.07) is 2.65. The number of urea groups is 1. The van der Waals surface area contributed by atoms with E-state index >= 15 is 0 Å². The van der Waals surface area contributed by atoms with Crippen LogP contribution in [0, 0.1) is 5.92 Å². The van der Waals surface area contributed by atoms with E-state index in [2.05, 4.69) is 0 Å². The molecule has 1 aliphatic heterocycles. The van der Waals surface area contributed by atoms with Crippen molar-refractivity contribution in [2.24, 2.45) is 11.7 Å². The Labute approximate surface area is 168 Å². The highest BCUT2D eigenvalue weighted by atomic mass is 35.5. The zero-order valence-corrected chi connectivity index (χ0v) is 17.0. The molecule has 154 valence electrons. The average molecular weight is 432 g/mol. The molecule has 2 rings (SSSR count). The molecule has 9 nitrogen and oxygen atoms in total. The molecule has 1 saturated heterocycles. The van der Waals surface area contributed by atoms with Gasteiger partial charge in [0, 0.05) is 13.1 Å². The number of nitrogens with one attached hydrogen (secondary N) is 1. The van der Waals surface area contributed by atoms with Crippen molar-refractivity contribution in [1.82, 2.24) is 9.62 Å². The van der Waals surface area contributed by atoms with Crippen LogP contribution in [-0.2, 0) is 19.6 Å². The Hall–Kier alpha value is -2.17. The van der Waals surface area contributed by atoms with E-state index in [-0.39, 0.29) is 15.5 Å². The number of imide groups is 1. The summed E-state index contributed by atoms with van der Waals surface area (Å²) in [5, 5.41) is 1.83. The molecule has 0 spiro atoms. The van der Waals surface area contributed by atoms with Crippen LogP contribution in [-0.4, -0.2) is 49.8 Å². The van der Waals surface area contributed by atoms with Gasteiger partial charge in [-0.2, -0.15) is 4.31 Å². The predicted octanol–water partition coefficient (Wildman–Crippen LogP) is 1.50. The maximum absolute atomic E-state index is 12.7. The molecule has 28 heavy (non-hydrogen) atoms. The van der Waals surface area contributed by atoms with Crippen LogP contribution in [0.5, 0.6) is 0 Å². The first kappa shape index (κ1) is 22.1. The smallest absolute Gasteiger partial charge is 0.340 e. The molecule has 0 aromatic heterocycles. The van der Waals surface area contributed by atoms with E-state index in [1.165, 1.54) is 16.4 Å². The first-order chi connectivity index (χ1) is 13.0. The summed E-state index contributed by atoms with van der Waals surface area (Å²) >= 11 is 6.04. The fourth-order valence-electron chi connectivity index (χ4n) is 2.76. The topological polar surface area (TPSA) is 136 Å². The van der Waals surface area contributed by atoms with E-state index in [0.29, 0.717) is 13.1 Å². The highest BCUT2D eigenvalue weighted by molar-refractivity contribution is 7.89. The minimum absolute atomic E-state index is 0.0248. The molecule has 3 N–H and O–H groups in total. The summed E-state index contributed by atoms with van der Waals surface area (Å²) < 4.78 is 31.9. The van der Waals surface area contributed by atoms with Crippen molar-refractivity contribution >= 4 is 39.5 Å². The largest absolute Gasteiger partial charge is 0.448 e. The van der Waals surface area contributed by atoms with Crippen molar-refractivity contribution in [1.29, 1.82) is 0 Å². The maximum atomic E-state index is 12.7. The molecule has 1 atom stereocenters. The Morgan fingerprint density at radius 3 is 2.36 bits per heavy atom. The van der Waals surface area contributed by atoms with E-state index in [4.69, 9.17) is 22.1 Å². The molecule has 1 aliphatic rings. The molecule has 0 radical (unpaired) electrons. The molecule has 0 unspecified atom stereocenters. The number of sulfonamides is 1. The number of rotatable bonds is 6. The standard InChI is InChI=1S/C17H22ClN3O6S/c1-10(2)14(15(22)20-17(19)24)27-16(23)12-9-11(5-6-13(12)18)28(25,26)21-7-3-4-8-21/h5-6,9-10,14H,3-4,7-8H2,1-2H3,(H3,19,20,22,24)/t14-/m1/s1. The molecule has 1 aromatic rings. The summed E-state index contributed by atoms with van der Waals surface area (Å²) in [6.07, 6.45) is 0.231. The van der Waals surface area contributed by atoms with E-state index in [0.717, 1.165) is 18.9 Å². The third kappa shape index (κ3) is 5.00. The number of nitrogens with two attached hydrogens (primary N) is 1. The molecule has 0 aliphatic carbocycles. The number of hydrogen-bond donors (Lipinski definition) is 2. The van der Waals surface area contributed by atoms with Gasteiger partial charge in [-0.25, -0.2) is 18.0 Å². The van der Waals surface area contributed by atoms with E-state index < -0.39 is 40.0 Å². The maximum Gasteiger partial charge on any atom is 0.340 e. The first-order valence-electron chi connectivity index (χ1n) is 8.65. The number of primary amides is 1. The van der Waals surface area contributed by atoms with Gasteiger partial charge < -0.3 is 10.5 Å². The van der Waals surface area contributed by atoms with Crippen LogP contribution in [0.25, 0.3) is 0 Å². The Kier molecular flexibility index (Phi) is 7.02.